The number of nitro benzene ring substituents is 1. The summed E-state index contributed by atoms with van der Waals surface area (Å²) in [6, 6.07) is 10.0. The number of nitrogens with zero attached hydrogens (tertiary/aromatic N) is 2. The molecule has 0 fully saturated rings. The van der Waals surface area contributed by atoms with E-state index in [0.29, 0.717) is 25.6 Å². The van der Waals surface area contributed by atoms with Crippen LogP contribution in [0.2, 0.25) is 0 Å². The molecular formula is C16H22IN5O3. The molecule has 0 spiro atoms. The highest BCUT2D eigenvalue weighted by molar-refractivity contribution is 14.0. The molecule has 0 radical (unpaired) electrons. The Morgan fingerprint density at radius 2 is 1.96 bits per heavy atom. The van der Waals surface area contributed by atoms with E-state index in [-0.39, 0.29) is 29.7 Å². The zero-order chi connectivity index (χ0) is 17.2. The SMILES string of the molecule is CCNC(=NCc1ccco1)NCCNc1ccc([N+](=O)[O-])cc1.I. The van der Waals surface area contributed by atoms with Crippen molar-refractivity contribution in [2.45, 2.75) is 13.5 Å². The first-order chi connectivity index (χ1) is 11.7. The summed E-state index contributed by atoms with van der Waals surface area (Å²) in [5.41, 5.74) is 0.915. The number of rotatable bonds is 8. The Labute approximate surface area is 163 Å². The minimum Gasteiger partial charge on any atom is -0.467 e. The van der Waals surface area contributed by atoms with Crippen molar-refractivity contribution < 1.29 is 9.34 Å². The molecule has 2 rings (SSSR count). The maximum atomic E-state index is 10.6. The van der Waals surface area contributed by atoms with E-state index in [4.69, 9.17) is 4.42 Å². The van der Waals surface area contributed by atoms with E-state index in [1.807, 2.05) is 19.1 Å². The molecule has 0 aliphatic carbocycles. The third-order valence-electron chi connectivity index (χ3n) is 3.14. The first kappa shape index (κ1) is 20.7. The Morgan fingerprint density at radius 1 is 1.20 bits per heavy atom. The second-order valence-electron chi connectivity index (χ2n) is 4.93. The van der Waals surface area contributed by atoms with Crippen molar-refractivity contribution in [1.82, 2.24) is 10.6 Å². The standard InChI is InChI=1S/C16H21N5O3.HI/c1-2-17-16(20-12-15-4-3-11-24-15)19-10-9-18-13-5-7-14(8-6-13)21(22)23;/h3-8,11,18H,2,9-10,12H2,1H3,(H2,17,19,20);1H. The molecule has 2 aromatic rings. The molecule has 0 aliphatic heterocycles. The summed E-state index contributed by atoms with van der Waals surface area (Å²) >= 11 is 0. The molecule has 0 amide bonds. The van der Waals surface area contributed by atoms with Crippen molar-refractivity contribution in [2.24, 2.45) is 4.99 Å². The monoisotopic (exact) mass is 459 g/mol. The predicted molar refractivity (Wildman–Crippen MR) is 109 cm³/mol. The van der Waals surface area contributed by atoms with Crippen molar-refractivity contribution in [3.05, 3.63) is 58.5 Å². The molecule has 0 saturated carbocycles. The van der Waals surface area contributed by atoms with Crippen LogP contribution in [-0.4, -0.2) is 30.5 Å². The fourth-order valence-electron chi connectivity index (χ4n) is 1.99. The van der Waals surface area contributed by atoms with Gasteiger partial charge in [-0.2, -0.15) is 0 Å². The average Bonchev–Trinajstić information content (AvgIpc) is 3.10. The minimum atomic E-state index is -0.413. The number of benzene rings is 1. The molecule has 0 atom stereocenters. The van der Waals surface area contributed by atoms with Gasteiger partial charge in [-0.3, -0.25) is 10.1 Å². The summed E-state index contributed by atoms with van der Waals surface area (Å²) in [6.45, 7) is 4.54. The summed E-state index contributed by atoms with van der Waals surface area (Å²) < 4.78 is 5.25. The molecule has 1 aromatic carbocycles. The molecule has 1 aromatic heterocycles. The molecular weight excluding hydrogens is 437 g/mol. The fourth-order valence-corrected chi connectivity index (χ4v) is 1.99. The van der Waals surface area contributed by atoms with Crippen LogP contribution in [0.15, 0.2) is 52.1 Å². The van der Waals surface area contributed by atoms with Gasteiger partial charge in [0, 0.05) is 37.5 Å². The number of nitrogens with one attached hydrogen (secondary N) is 3. The molecule has 0 bridgehead atoms. The van der Waals surface area contributed by atoms with Crippen molar-refractivity contribution in [2.75, 3.05) is 25.0 Å². The summed E-state index contributed by atoms with van der Waals surface area (Å²) in [6.07, 6.45) is 1.62. The van der Waals surface area contributed by atoms with Crippen molar-refractivity contribution in [1.29, 1.82) is 0 Å². The van der Waals surface area contributed by atoms with Gasteiger partial charge in [0.2, 0.25) is 0 Å². The van der Waals surface area contributed by atoms with Crippen molar-refractivity contribution >= 4 is 41.3 Å². The Bertz CT molecular complexity index is 659. The Morgan fingerprint density at radius 3 is 2.56 bits per heavy atom. The van der Waals surface area contributed by atoms with Gasteiger partial charge in [-0.05, 0) is 31.2 Å². The number of furan rings is 1. The molecule has 1 heterocycles. The van der Waals surface area contributed by atoms with E-state index in [2.05, 4.69) is 20.9 Å². The van der Waals surface area contributed by atoms with Crippen LogP contribution in [0.3, 0.4) is 0 Å². The summed E-state index contributed by atoms with van der Waals surface area (Å²) in [5.74, 6) is 1.51. The summed E-state index contributed by atoms with van der Waals surface area (Å²) in [5, 5.41) is 20.2. The van der Waals surface area contributed by atoms with Gasteiger partial charge in [0.05, 0.1) is 11.2 Å². The highest BCUT2D eigenvalue weighted by atomic mass is 127. The Kier molecular flexibility index (Phi) is 9.37. The number of anilines is 1. The van der Waals surface area contributed by atoms with Crippen LogP contribution in [0.25, 0.3) is 0 Å². The number of hydrogen-bond acceptors (Lipinski definition) is 5. The Hall–Kier alpha value is -2.30. The van der Waals surface area contributed by atoms with Crippen LogP contribution in [0.1, 0.15) is 12.7 Å². The first-order valence-electron chi connectivity index (χ1n) is 7.72. The maximum Gasteiger partial charge on any atom is 0.269 e. The summed E-state index contributed by atoms with van der Waals surface area (Å²) in [7, 11) is 0. The molecule has 25 heavy (non-hydrogen) atoms. The summed E-state index contributed by atoms with van der Waals surface area (Å²) in [4.78, 5) is 14.6. The van der Waals surface area contributed by atoms with Gasteiger partial charge in [0.25, 0.3) is 5.69 Å². The van der Waals surface area contributed by atoms with E-state index in [0.717, 1.165) is 18.0 Å². The van der Waals surface area contributed by atoms with Crippen LogP contribution in [-0.2, 0) is 6.54 Å². The lowest BCUT2D eigenvalue weighted by Crippen LogP contribution is -2.39. The lowest BCUT2D eigenvalue weighted by molar-refractivity contribution is -0.384. The van der Waals surface area contributed by atoms with Gasteiger partial charge in [-0.15, -0.1) is 24.0 Å². The predicted octanol–water partition coefficient (Wildman–Crippen LogP) is 2.97. The first-order valence-corrected chi connectivity index (χ1v) is 7.72. The Balaban J connectivity index is 0.00000312. The molecule has 9 heteroatoms. The topological polar surface area (TPSA) is 105 Å². The highest BCUT2D eigenvalue weighted by Crippen LogP contribution is 2.14. The van der Waals surface area contributed by atoms with Crippen LogP contribution in [0.4, 0.5) is 11.4 Å². The molecule has 3 N–H and O–H groups in total. The number of aliphatic imine (C=N–C) groups is 1. The van der Waals surface area contributed by atoms with Gasteiger partial charge in [-0.25, -0.2) is 4.99 Å². The molecule has 136 valence electrons. The van der Waals surface area contributed by atoms with Crippen molar-refractivity contribution in [3.8, 4) is 0 Å². The zero-order valence-electron chi connectivity index (χ0n) is 13.9. The molecule has 0 aliphatic rings. The second kappa shape index (κ2) is 11.3. The lowest BCUT2D eigenvalue weighted by atomic mass is 10.3. The van der Waals surface area contributed by atoms with Crippen LogP contribution < -0.4 is 16.0 Å². The number of hydrogen-bond donors (Lipinski definition) is 3. The van der Waals surface area contributed by atoms with E-state index >= 15 is 0 Å². The number of guanidine groups is 1. The highest BCUT2D eigenvalue weighted by Gasteiger charge is 2.03. The number of nitro groups is 1. The van der Waals surface area contributed by atoms with E-state index in [9.17, 15) is 10.1 Å². The third kappa shape index (κ3) is 7.42. The smallest absolute Gasteiger partial charge is 0.269 e. The zero-order valence-corrected chi connectivity index (χ0v) is 16.2. The fraction of sp³-hybridized carbons (Fsp3) is 0.312. The van der Waals surface area contributed by atoms with Crippen molar-refractivity contribution in [3.63, 3.8) is 0 Å². The minimum absolute atomic E-state index is 0. The average molecular weight is 459 g/mol. The van der Waals surface area contributed by atoms with Crippen LogP contribution in [0.5, 0.6) is 0 Å². The second-order valence-corrected chi connectivity index (χ2v) is 4.93. The maximum absolute atomic E-state index is 10.6. The van der Waals surface area contributed by atoms with Gasteiger partial charge in [0.1, 0.15) is 12.3 Å². The van der Waals surface area contributed by atoms with E-state index < -0.39 is 4.92 Å². The van der Waals surface area contributed by atoms with E-state index in [1.165, 1.54) is 12.1 Å². The number of non-ortho nitro benzene ring substituents is 1. The molecule has 0 saturated heterocycles. The molecule has 8 nitrogen and oxygen atoms in total. The van der Waals surface area contributed by atoms with Gasteiger partial charge < -0.3 is 20.4 Å². The van der Waals surface area contributed by atoms with Gasteiger partial charge >= 0.3 is 0 Å². The molecule has 0 unspecified atom stereocenters. The normalized spacial score (nSPS) is 10.7. The number of halogens is 1. The van der Waals surface area contributed by atoms with Crippen LogP contribution in [0, 0.1) is 10.1 Å². The third-order valence-corrected chi connectivity index (χ3v) is 3.14. The van der Waals surface area contributed by atoms with Crippen LogP contribution >= 0.6 is 24.0 Å². The van der Waals surface area contributed by atoms with Gasteiger partial charge in [0.15, 0.2) is 5.96 Å². The lowest BCUT2D eigenvalue weighted by Gasteiger charge is -2.12. The van der Waals surface area contributed by atoms with Gasteiger partial charge in [-0.1, -0.05) is 0 Å². The quantitative estimate of drug-likeness (QED) is 0.140. The largest absolute Gasteiger partial charge is 0.467 e. The van der Waals surface area contributed by atoms with E-state index in [1.54, 1.807) is 18.4 Å².